The van der Waals surface area contributed by atoms with Gasteiger partial charge in [0.1, 0.15) is 11.6 Å². The molecule has 0 spiro atoms. The van der Waals surface area contributed by atoms with Crippen molar-refractivity contribution in [1.82, 2.24) is 0 Å². The maximum Gasteiger partial charge on any atom is 0.123 e. The first-order valence-corrected chi connectivity index (χ1v) is 6.29. The Morgan fingerprint density at radius 2 is 1.74 bits per heavy atom. The molecule has 2 aromatic carbocycles. The van der Waals surface area contributed by atoms with E-state index >= 15 is 0 Å². The molecule has 0 saturated carbocycles. The number of rotatable bonds is 4. The van der Waals surface area contributed by atoms with E-state index in [0.29, 0.717) is 22.6 Å². The smallest absolute Gasteiger partial charge is 0.123 e. The van der Waals surface area contributed by atoms with Gasteiger partial charge >= 0.3 is 0 Å². The zero-order valence-electron chi connectivity index (χ0n) is 10.1. The average Bonchev–Trinajstić information content (AvgIpc) is 2.34. The summed E-state index contributed by atoms with van der Waals surface area (Å²) in [5.41, 5.74) is 1.24. The van der Waals surface area contributed by atoms with E-state index in [9.17, 15) is 13.9 Å². The number of aliphatic hydroxyl groups excluding tert-OH is 1. The molecule has 0 bridgehead atoms. The highest BCUT2D eigenvalue weighted by molar-refractivity contribution is 6.31. The molecule has 2 rings (SSSR count). The van der Waals surface area contributed by atoms with Gasteiger partial charge in [-0.2, -0.15) is 0 Å². The Balaban J connectivity index is 2.05. The summed E-state index contributed by atoms with van der Waals surface area (Å²) in [6, 6.07) is 10.1. The highest BCUT2D eigenvalue weighted by Crippen LogP contribution is 2.20. The summed E-state index contributed by atoms with van der Waals surface area (Å²) in [6.07, 6.45) is -0.210. The van der Waals surface area contributed by atoms with Crippen molar-refractivity contribution in [2.75, 3.05) is 0 Å². The van der Waals surface area contributed by atoms with Gasteiger partial charge in [-0.3, -0.25) is 0 Å². The van der Waals surface area contributed by atoms with Crippen molar-refractivity contribution in [1.29, 1.82) is 0 Å². The molecule has 0 aliphatic rings. The third-order valence-electron chi connectivity index (χ3n) is 2.82. The van der Waals surface area contributed by atoms with Crippen molar-refractivity contribution in [2.45, 2.75) is 18.9 Å². The van der Waals surface area contributed by atoms with E-state index in [1.807, 2.05) is 0 Å². The van der Waals surface area contributed by atoms with Crippen LogP contribution in [0.2, 0.25) is 5.02 Å². The van der Waals surface area contributed by atoms with Gasteiger partial charge in [-0.05, 0) is 47.9 Å². The van der Waals surface area contributed by atoms with Crippen LogP contribution in [0.15, 0.2) is 42.5 Å². The van der Waals surface area contributed by atoms with Gasteiger partial charge in [-0.15, -0.1) is 0 Å². The van der Waals surface area contributed by atoms with E-state index < -0.39 is 11.9 Å². The summed E-state index contributed by atoms with van der Waals surface area (Å²) < 4.78 is 26.1. The minimum Gasteiger partial charge on any atom is -0.392 e. The van der Waals surface area contributed by atoms with E-state index in [1.54, 1.807) is 12.1 Å². The number of aliphatic hydroxyl groups is 1. The Hall–Kier alpha value is -1.45. The largest absolute Gasteiger partial charge is 0.392 e. The second-order valence-corrected chi connectivity index (χ2v) is 4.83. The second-order valence-electron chi connectivity index (χ2n) is 4.43. The molecule has 2 aromatic rings. The summed E-state index contributed by atoms with van der Waals surface area (Å²) in [5, 5.41) is 10.4. The third-order valence-corrected chi connectivity index (χ3v) is 3.19. The van der Waals surface area contributed by atoms with E-state index in [0.717, 1.165) is 0 Å². The number of hydrogen-bond donors (Lipinski definition) is 1. The van der Waals surface area contributed by atoms with Crippen LogP contribution in [0.4, 0.5) is 8.78 Å². The van der Waals surface area contributed by atoms with Crippen molar-refractivity contribution in [3.05, 3.63) is 70.2 Å². The second kappa shape index (κ2) is 6.13. The van der Waals surface area contributed by atoms with Crippen molar-refractivity contribution in [3.63, 3.8) is 0 Å². The van der Waals surface area contributed by atoms with Crippen LogP contribution >= 0.6 is 11.6 Å². The summed E-state index contributed by atoms with van der Waals surface area (Å²) in [4.78, 5) is 0. The molecule has 0 heterocycles. The van der Waals surface area contributed by atoms with Gasteiger partial charge in [-0.1, -0.05) is 23.7 Å². The molecule has 0 amide bonds. The van der Waals surface area contributed by atoms with E-state index in [1.165, 1.54) is 30.3 Å². The zero-order valence-corrected chi connectivity index (χ0v) is 10.9. The lowest BCUT2D eigenvalue weighted by atomic mass is 10.0. The molecule has 0 aromatic heterocycles. The van der Waals surface area contributed by atoms with Gasteiger partial charge in [0.2, 0.25) is 0 Å². The van der Waals surface area contributed by atoms with Crippen LogP contribution in [0, 0.1) is 11.6 Å². The minimum absolute atomic E-state index is 0.229. The van der Waals surface area contributed by atoms with E-state index in [4.69, 9.17) is 11.6 Å². The van der Waals surface area contributed by atoms with Crippen LogP contribution in [-0.2, 0) is 12.8 Å². The Labute approximate surface area is 115 Å². The van der Waals surface area contributed by atoms with Gasteiger partial charge < -0.3 is 5.11 Å². The maximum absolute atomic E-state index is 13.1. The molecular weight excluding hydrogens is 270 g/mol. The summed E-state index contributed by atoms with van der Waals surface area (Å²) in [7, 11) is 0. The predicted octanol–water partition coefficient (Wildman–Crippen LogP) is 3.76. The molecule has 0 fully saturated rings. The van der Waals surface area contributed by atoms with Crippen molar-refractivity contribution < 1.29 is 13.9 Å². The SMILES string of the molecule is OC(Cc1cccc(F)c1)Cc1cc(F)ccc1Cl. The lowest BCUT2D eigenvalue weighted by Gasteiger charge is -2.12. The van der Waals surface area contributed by atoms with Crippen LogP contribution in [0.5, 0.6) is 0 Å². The zero-order chi connectivity index (χ0) is 13.8. The number of benzene rings is 2. The van der Waals surface area contributed by atoms with Gasteiger partial charge in [0.05, 0.1) is 6.10 Å². The third kappa shape index (κ3) is 4.01. The molecule has 1 N–H and O–H groups in total. The Bertz CT molecular complexity index is 572. The number of halogens is 3. The standard InChI is InChI=1S/C15H13ClF2O/c16-15-5-4-13(18)8-11(15)9-14(19)7-10-2-1-3-12(17)6-10/h1-6,8,14,19H,7,9H2. The van der Waals surface area contributed by atoms with Crippen LogP contribution in [0.3, 0.4) is 0 Å². The molecule has 4 heteroatoms. The first-order valence-electron chi connectivity index (χ1n) is 5.91. The van der Waals surface area contributed by atoms with Gasteiger partial charge in [0, 0.05) is 11.4 Å². The average molecular weight is 283 g/mol. The van der Waals surface area contributed by atoms with E-state index in [2.05, 4.69) is 0 Å². The summed E-state index contributed by atoms with van der Waals surface area (Å²) >= 11 is 5.93. The van der Waals surface area contributed by atoms with Crippen LogP contribution in [-0.4, -0.2) is 11.2 Å². The van der Waals surface area contributed by atoms with Crippen LogP contribution in [0.1, 0.15) is 11.1 Å². The van der Waals surface area contributed by atoms with Crippen molar-refractivity contribution >= 4 is 11.6 Å². The molecule has 1 atom stereocenters. The fraction of sp³-hybridized carbons (Fsp3) is 0.200. The molecule has 0 radical (unpaired) electrons. The predicted molar refractivity (Wildman–Crippen MR) is 71.2 cm³/mol. The Morgan fingerprint density at radius 3 is 2.47 bits per heavy atom. The van der Waals surface area contributed by atoms with E-state index in [-0.39, 0.29) is 12.2 Å². The lowest BCUT2D eigenvalue weighted by Crippen LogP contribution is -2.14. The summed E-state index contributed by atoms with van der Waals surface area (Å²) in [5.74, 6) is -0.731. The molecule has 1 nitrogen and oxygen atoms in total. The van der Waals surface area contributed by atoms with Crippen molar-refractivity contribution in [3.8, 4) is 0 Å². The maximum atomic E-state index is 13.1. The monoisotopic (exact) mass is 282 g/mol. The molecule has 0 aliphatic carbocycles. The fourth-order valence-electron chi connectivity index (χ4n) is 1.96. The highest BCUT2D eigenvalue weighted by atomic mass is 35.5. The molecular formula is C15H13ClF2O. The molecule has 1 unspecified atom stereocenters. The number of hydrogen-bond acceptors (Lipinski definition) is 1. The topological polar surface area (TPSA) is 20.2 Å². The molecule has 19 heavy (non-hydrogen) atoms. The van der Waals surface area contributed by atoms with Gasteiger partial charge in [-0.25, -0.2) is 8.78 Å². The summed E-state index contributed by atoms with van der Waals surface area (Å²) in [6.45, 7) is 0. The molecule has 0 aliphatic heterocycles. The van der Waals surface area contributed by atoms with Crippen LogP contribution < -0.4 is 0 Å². The quantitative estimate of drug-likeness (QED) is 0.905. The first kappa shape index (κ1) is 14.0. The fourth-order valence-corrected chi connectivity index (χ4v) is 2.16. The minimum atomic E-state index is -0.735. The van der Waals surface area contributed by atoms with Gasteiger partial charge in [0.15, 0.2) is 0 Å². The Kier molecular flexibility index (Phi) is 4.51. The van der Waals surface area contributed by atoms with Crippen LogP contribution in [0.25, 0.3) is 0 Å². The van der Waals surface area contributed by atoms with Crippen molar-refractivity contribution in [2.24, 2.45) is 0 Å². The molecule has 0 saturated heterocycles. The highest BCUT2D eigenvalue weighted by Gasteiger charge is 2.11. The lowest BCUT2D eigenvalue weighted by molar-refractivity contribution is 0.175. The molecule has 100 valence electrons. The first-order chi connectivity index (χ1) is 9.04. The normalized spacial score (nSPS) is 12.4. The Morgan fingerprint density at radius 1 is 1.00 bits per heavy atom. The van der Waals surface area contributed by atoms with Gasteiger partial charge in [0.25, 0.3) is 0 Å².